The van der Waals surface area contributed by atoms with Crippen molar-refractivity contribution in [3.05, 3.63) is 34.6 Å². The molecular weight excluding hydrogens is 452 g/mol. The van der Waals surface area contributed by atoms with Gasteiger partial charge in [-0.1, -0.05) is 25.0 Å². The molecule has 0 amide bonds. The fourth-order valence-electron chi connectivity index (χ4n) is 9.94. The molecule has 1 aromatic heterocycles. The van der Waals surface area contributed by atoms with Crippen LogP contribution in [0.4, 0.5) is 5.82 Å². The summed E-state index contributed by atoms with van der Waals surface area (Å²) in [4.78, 5) is 35.2. The van der Waals surface area contributed by atoms with Crippen molar-refractivity contribution in [3.8, 4) is 0 Å². The summed E-state index contributed by atoms with van der Waals surface area (Å²) in [6.07, 6.45) is 13.6. The Bertz CT molecular complexity index is 1290. The van der Waals surface area contributed by atoms with E-state index in [0.717, 1.165) is 41.6 Å². The van der Waals surface area contributed by atoms with Gasteiger partial charge in [-0.15, -0.1) is 0 Å². The van der Waals surface area contributed by atoms with Gasteiger partial charge in [-0.2, -0.15) is 0 Å². The minimum atomic E-state index is -0.871. The summed E-state index contributed by atoms with van der Waals surface area (Å²) in [6.45, 7) is 0.577. The van der Waals surface area contributed by atoms with Crippen LogP contribution in [-0.2, 0) is 4.79 Å². The average Bonchev–Trinajstić information content (AvgIpc) is 2.82. The van der Waals surface area contributed by atoms with Gasteiger partial charge in [-0.05, 0) is 87.7 Å². The highest BCUT2D eigenvalue weighted by molar-refractivity contribution is 5.81. The number of nitrogens with zero attached hydrogens (tertiary/aromatic N) is 4. The topological polar surface area (TPSA) is 78.7 Å². The summed E-state index contributed by atoms with van der Waals surface area (Å²) in [6, 6.07) is 8.55. The normalized spacial score (nSPS) is 41.1. The highest BCUT2D eigenvalue weighted by Crippen LogP contribution is 2.67. The summed E-state index contributed by atoms with van der Waals surface area (Å²) >= 11 is 0. The second-order valence-electron chi connectivity index (χ2n) is 12.8. The van der Waals surface area contributed by atoms with Crippen molar-refractivity contribution >= 4 is 22.8 Å². The average molecular weight is 489 g/mol. The fraction of sp³-hybridized carbons (Fsp3) is 0.690. The molecule has 4 heterocycles. The smallest absolute Gasteiger partial charge is 0.326 e. The van der Waals surface area contributed by atoms with Gasteiger partial charge in [0.1, 0.15) is 6.04 Å². The van der Waals surface area contributed by atoms with E-state index in [1.165, 1.54) is 51.4 Å². The highest BCUT2D eigenvalue weighted by Gasteiger charge is 2.65. The second-order valence-corrected chi connectivity index (χ2v) is 12.8. The zero-order valence-electron chi connectivity index (χ0n) is 20.9. The third kappa shape index (κ3) is 2.81. The third-order valence-electron chi connectivity index (χ3n) is 11.2. The van der Waals surface area contributed by atoms with Crippen molar-refractivity contribution in [1.82, 2.24) is 14.5 Å². The van der Waals surface area contributed by atoms with Crippen molar-refractivity contribution in [2.45, 2.75) is 100 Å². The first-order chi connectivity index (χ1) is 17.5. The molecule has 2 aromatic rings. The number of benzene rings is 1. The van der Waals surface area contributed by atoms with Gasteiger partial charge in [0.05, 0.1) is 11.0 Å². The van der Waals surface area contributed by atoms with Gasteiger partial charge >= 0.3 is 5.97 Å². The molecule has 9 rings (SSSR count). The molecule has 4 saturated carbocycles. The third-order valence-corrected chi connectivity index (χ3v) is 11.2. The lowest BCUT2D eigenvalue weighted by molar-refractivity contribution is -0.221. The highest BCUT2D eigenvalue weighted by atomic mass is 16.4. The van der Waals surface area contributed by atoms with Crippen LogP contribution in [0.25, 0.3) is 11.0 Å². The van der Waals surface area contributed by atoms with E-state index in [1.807, 2.05) is 28.8 Å². The van der Waals surface area contributed by atoms with Crippen LogP contribution < -0.4 is 10.5 Å². The Morgan fingerprint density at radius 2 is 1.78 bits per heavy atom. The van der Waals surface area contributed by atoms with Crippen molar-refractivity contribution < 1.29 is 9.90 Å². The number of aliphatic carboxylic acids is 1. The van der Waals surface area contributed by atoms with E-state index in [4.69, 9.17) is 4.98 Å². The maximum Gasteiger partial charge on any atom is 0.326 e. The zero-order chi connectivity index (χ0) is 24.2. The Morgan fingerprint density at radius 1 is 0.972 bits per heavy atom. The predicted molar refractivity (Wildman–Crippen MR) is 137 cm³/mol. The molecule has 190 valence electrons. The molecule has 7 nitrogen and oxygen atoms in total. The van der Waals surface area contributed by atoms with E-state index in [9.17, 15) is 14.7 Å². The van der Waals surface area contributed by atoms with Gasteiger partial charge in [0.2, 0.25) is 0 Å². The predicted octanol–water partition coefficient (Wildman–Crippen LogP) is 4.20. The summed E-state index contributed by atoms with van der Waals surface area (Å²) < 4.78 is 2.02. The lowest BCUT2D eigenvalue weighted by Gasteiger charge is -2.73. The zero-order valence-corrected chi connectivity index (χ0v) is 20.9. The van der Waals surface area contributed by atoms with Crippen LogP contribution in [0.3, 0.4) is 0 Å². The van der Waals surface area contributed by atoms with Crippen LogP contribution in [0.15, 0.2) is 29.1 Å². The van der Waals surface area contributed by atoms with E-state index in [-0.39, 0.29) is 11.6 Å². The summed E-state index contributed by atoms with van der Waals surface area (Å²) in [5.41, 5.74) is 2.04. The number of carboxylic acids is 1. The quantitative estimate of drug-likeness (QED) is 0.695. The molecule has 7 heteroatoms. The number of aromatic nitrogens is 2. The van der Waals surface area contributed by atoms with Crippen molar-refractivity contribution in [2.75, 3.05) is 11.4 Å². The maximum atomic E-state index is 14.0. The van der Waals surface area contributed by atoms with E-state index in [0.29, 0.717) is 36.4 Å². The minimum Gasteiger partial charge on any atom is -0.480 e. The van der Waals surface area contributed by atoms with Gasteiger partial charge in [0.15, 0.2) is 5.82 Å². The summed E-state index contributed by atoms with van der Waals surface area (Å²) in [5, 5.41) is 9.64. The molecule has 36 heavy (non-hydrogen) atoms. The Balaban J connectivity index is 1.18. The maximum absolute atomic E-state index is 14.0. The van der Waals surface area contributed by atoms with Crippen molar-refractivity contribution in [3.63, 3.8) is 0 Å². The van der Waals surface area contributed by atoms with Crippen LogP contribution in [0, 0.1) is 17.8 Å². The molecule has 1 aromatic carbocycles. The van der Waals surface area contributed by atoms with Gasteiger partial charge in [0, 0.05) is 30.2 Å². The molecule has 7 unspecified atom stereocenters. The van der Waals surface area contributed by atoms with Crippen molar-refractivity contribution in [1.29, 1.82) is 0 Å². The number of hydrogen-bond donors (Lipinski definition) is 1. The number of carboxylic acid groups (broad SMARTS) is 1. The van der Waals surface area contributed by atoms with Crippen LogP contribution >= 0.6 is 0 Å². The SMILES string of the molecule is O=C(O)C1CCN1c1nc2ccccc2n(C2CC3CCCC(C2)N3C23CC4CCC2C(C4)C3)c1=O. The fourth-order valence-corrected chi connectivity index (χ4v) is 9.94. The Hall–Kier alpha value is -2.41. The van der Waals surface area contributed by atoms with Gasteiger partial charge < -0.3 is 14.6 Å². The number of anilines is 1. The molecule has 1 N–H and O–H groups in total. The lowest BCUT2D eigenvalue weighted by atomic mass is 9.42. The molecule has 7 fully saturated rings. The molecule has 7 atom stereocenters. The first-order valence-electron chi connectivity index (χ1n) is 14.3. The first-order valence-corrected chi connectivity index (χ1v) is 14.3. The lowest BCUT2D eigenvalue weighted by Crippen LogP contribution is -2.75. The van der Waals surface area contributed by atoms with E-state index < -0.39 is 12.0 Å². The summed E-state index contributed by atoms with van der Waals surface area (Å²) in [7, 11) is 0. The standard InChI is InChI=1S/C29H36N4O3/c34-27-26(31-11-10-25(31)28(35)36)30-23-6-1-2-7-24(23)32(27)21-13-19-4-3-5-20(14-21)33(19)29-15-17-8-9-22(29)18(12-17)16-29/h1-2,6-7,17-22,25H,3-5,8-16H2,(H,35,36). The second kappa shape index (κ2) is 7.56. The van der Waals surface area contributed by atoms with Crippen LogP contribution in [0.5, 0.6) is 0 Å². The minimum absolute atomic E-state index is 0.102. The number of para-hydroxylation sites is 2. The number of carbonyl (C=O) groups is 1. The molecule has 3 aliphatic heterocycles. The summed E-state index contributed by atoms with van der Waals surface area (Å²) in [5.74, 6) is 2.29. The monoisotopic (exact) mass is 488 g/mol. The molecule has 0 radical (unpaired) electrons. The molecular formula is C29H36N4O3. The molecule has 4 aliphatic carbocycles. The molecule has 3 saturated heterocycles. The largest absolute Gasteiger partial charge is 0.480 e. The Labute approximate surface area is 211 Å². The molecule has 6 bridgehead atoms. The first kappa shape index (κ1) is 21.7. The Morgan fingerprint density at radius 3 is 2.44 bits per heavy atom. The number of rotatable bonds is 4. The van der Waals surface area contributed by atoms with E-state index >= 15 is 0 Å². The number of piperidine rings is 2. The van der Waals surface area contributed by atoms with E-state index in [1.54, 1.807) is 4.90 Å². The van der Waals surface area contributed by atoms with Crippen LogP contribution in [0.1, 0.15) is 76.7 Å². The van der Waals surface area contributed by atoms with Crippen LogP contribution in [0.2, 0.25) is 0 Å². The Kier molecular flexibility index (Phi) is 4.55. The van der Waals surface area contributed by atoms with Gasteiger partial charge in [-0.3, -0.25) is 9.69 Å². The van der Waals surface area contributed by atoms with E-state index in [2.05, 4.69) is 4.90 Å². The van der Waals surface area contributed by atoms with Crippen LogP contribution in [-0.4, -0.2) is 55.7 Å². The van der Waals surface area contributed by atoms with Crippen molar-refractivity contribution in [2.24, 2.45) is 17.8 Å². The van der Waals surface area contributed by atoms with Gasteiger partial charge in [0.25, 0.3) is 5.56 Å². The molecule has 0 spiro atoms. The molecule has 7 aliphatic rings. The number of hydrogen-bond acceptors (Lipinski definition) is 5. The van der Waals surface area contributed by atoms with Gasteiger partial charge in [-0.25, -0.2) is 9.78 Å². The number of fused-ring (bicyclic) bond motifs is 4.